The fraction of sp³-hybridized carbons (Fsp3) is 0.250. The van der Waals surface area contributed by atoms with Gasteiger partial charge >= 0.3 is 5.97 Å². The van der Waals surface area contributed by atoms with Gasteiger partial charge in [-0.25, -0.2) is 13.8 Å². The molecule has 39 heavy (non-hydrogen) atoms. The number of carbonyl (C=O) groups is 1. The number of aliphatic carboxylic acids is 1. The Hall–Kier alpha value is -3.73. The monoisotopic (exact) mass is 543 g/mol. The molecule has 1 aromatic heterocycles. The van der Waals surface area contributed by atoms with E-state index in [1.165, 1.54) is 11.8 Å². The number of rotatable bonds is 7. The molecule has 0 bridgehead atoms. The smallest absolute Gasteiger partial charge is 0.307 e. The van der Waals surface area contributed by atoms with Crippen molar-refractivity contribution in [3.63, 3.8) is 0 Å². The number of thioether (sulfide) groups is 1. The van der Waals surface area contributed by atoms with Crippen molar-refractivity contribution in [3.8, 4) is 23.0 Å². The van der Waals surface area contributed by atoms with Crippen LogP contribution in [0.15, 0.2) is 71.6 Å². The highest BCUT2D eigenvalue weighted by Gasteiger charge is 2.36. The van der Waals surface area contributed by atoms with Gasteiger partial charge in [0.15, 0.2) is 11.6 Å². The first-order valence-corrected chi connectivity index (χ1v) is 13.7. The Balaban J connectivity index is 1.40. The second-order valence-corrected chi connectivity index (χ2v) is 11.4. The average Bonchev–Trinajstić information content (AvgIpc) is 3.73. The van der Waals surface area contributed by atoms with E-state index in [2.05, 4.69) is 16.8 Å². The van der Waals surface area contributed by atoms with E-state index >= 15 is 0 Å². The van der Waals surface area contributed by atoms with Crippen LogP contribution in [-0.4, -0.2) is 26.9 Å². The van der Waals surface area contributed by atoms with Gasteiger partial charge in [0.1, 0.15) is 5.69 Å². The van der Waals surface area contributed by atoms with E-state index < -0.39 is 23.2 Å². The Morgan fingerprint density at radius 1 is 1.03 bits per heavy atom. The van der Waals surface area contributed by atoms with Crippen LogP contribution >= 0.6 is 11.8 Å². The predicted octanol–water partition coefficient (Wildman–Crippen LogP) is 7.01. The first-order valence-electron chi connectivity index (χ1n) is 12.7. The molecule has 4 aromatic rings. The van der Waals surface area contributed by atoms with Crippen LogP contribution < -0.4 is 0 Å². The van der Waals surface area contributed by atoms with Crippen molar-refractivity contribution >= 4 is 28.6 Å². The van der Waals surface area contributed by atoms with Gasteiger partial charge in [0.25, 0.3) is 0 Å². The summed E-state index contributed by atoms with van der Waals surface area (Å²) in [6.45, 7) is 3.45. The molecule has 4 nitrogen and oxygen atoms in total. The van der Waals surface area contributed by atoms with Crippen LogP contribution in [0.25, 0.3) is 22.0 Å². The number of fused-ring (bicyclic) bond motifs is 1. The summed E-state index contributed by atoms with van der Waals surface area (Å²) in [4.78, 5) is 16.9. The number of pyridine rings is 1. The zero-order chi connectivity index (χ0) is 27.7. The fourth-order valence-corrected chi connectivity index (χ4v) is 5.90. The lowest BCUT2D eigenvalue weighted by Gasteiger charge is -2.23. The number of benzene rings is 3. The molecule has 0 aliphatic heterocycles. The van der Waals surface area contributed by atoms with Gasteiger partial charge in [0.05, 0.1) is 17.0 Å². The van der Waals surface area contributed by atoms with Crippen molar-refractivity contribution in [3.05, 3.63) is 95.2 Å². The molecule has 198 valence electrons. The zero-order valence-corrected chi connectivity index (χ0v) is 22.4. The Labute approximate surface area is 230 Å². The molecule has 1 atom stereocenters. The van der Waals surface area contributed by atoms with Gasteiger partial charge in [-0.05, 0) is 97.7 Å². The molecule has 2 N–H and O–H groups in total. The van der Waals surface area contributed by atoms with Crippen LogP contribution in [0.1, 0.15) is 43.5 Å². The molecular weight excluding hydrogens is 516 g/mol. The van der Waals surface area contributed by atoms with Crippen LogP contribution in [0.2, 0.25) is 0 Å². The molecule has 0 saturated heterocycles. The van der Waals surface area contributed by atoms with Crippen molar-refractivity contribution in [2.75, 3.05) is 5.75 Å². The summed E-state index contributed by atoms with van der Waals surface area (Å²) in [7, 11) is 0. The molecule has 1 heterocycles. The van der Waals surface area contributed by atoms with Gasteiger partial charge in [-0.1, -0.05) is 24.1 Å². The second kappa shape index (κ2) is 10.8. The Morgan fingerprint density at radius 2 is 1.77 bits per heavy atom. The van der Waals surface area contributed by atoms with Crippen molar-refractivity contribution in [1.29, 1.82) is 0 Å². The van der Waals surface area contributed by atoms with Crippen molar-refractivity contribution < 1.29 is 23.8 Å². The third-order valence-electron chi connectivity index (χ3n) is 6.83. The van der Waals surface area contributed by atoms with Crippen LogP contribution in [-0.2, 0) is 10.4 Å². The normalized spacial score (nSPS) is 14.1. The number of aromatic nitrogens is 1. The van der Waals surface area contributed by atoms with Gasteiger partial charge in [0.2, 0.25) is 0 Å². The maximum Gasteiger partial charge on any atom is 0.307 e. The quantitative estimate of drug-likeness (QED) is 0.194. The highest BCUT2D eigenvalue weighted by Crippen LogP contribution is 2.41. The van der Waals surface area contributed by atoms with Crippen molar-refractivity contribution in [1.82, 2.24) is 4.98 Å². The van der Waals surface area contributed by atoms with Crippen molar-refractivity contribution in [2.24, 2.45) is 11.8 Å². The van der Waals surface area contributed by atoms with Gasteiger partial charge in [-0.2, -0.15) is 0 Å². The maximum atomic E-state index is 13.6. The maximum absolute atomic E-state index is 13.6. The molecule has 0 amide bonds. The lowest BCUT2D eigenvalue weighted by Crippen LogP contribution is -2.20. The summed E-state index contributed by atoms with van der Waals surface area (Å²) >= 11 is 1.48. The summed E-state index contributed by atoms with van der Waals surface area (Å²) < 4.78 is 27.1. The number of hydrogen-bond acceptors (Lipinski definition) is 4. The van der Waals surface area contributed by atoms with E-state index in [1.807, 2.05) is 42.5 Å². The van der Waals surface area contributed by atoms with Crippen LogP contribution in [0.3, 0.4) is 0 Å². The summed E-state index contributed by atoms with van der Waals surface area (Å²) in [5.41, 5.74) is 2.96. The first kappa shape index (κ1) is 26.9. The first-order chi connectivity index (χ1) is 18.6. The minimum atomic E-state index is -1.11. The topological polar surface area (TPSA) is 70.4 Å². The fourth-order valence-electron chi connectivity index (χ4n) is 4.50. The van der Waals surface area contributed by atoms with E-state index in [9.17, 15) is 23.8 Å². The number of halogens is 2. The van der Waals surface area contributed by atoms with Gasteiger partial charge < -0.3 is 10.2 Å². The molecule has 0 spiro atoms. The molecule has 7 heteroatoms. The average molecular weight is 544 g/mol. The van der Waals surface area contributed by atoms with E-state index in [4.69, 9.17) is 0 Å². The molecule has 3 aromatic carbocycles. The SMILES string of the molecule is CC(C)(O)c1cc(-c2cccc(C#Cc3ccc4cc(F)c(F)cc4n3)c2)ccc1SCC(C(=O)O)C1CC1. The molecular formula is C32H27F2NO3S. The summed E-state index contributed by atoms with van der Waals surface area (Å²) in [5, 5.41) is 21.0. The summed E-state index contributed by atoms with van der Waals surface area (Å²) in [6.07, 6.45) is 1.92. The van der Waals surface area contributed by atoms with Crippen molar-refractivity contribution in [2.45, 2.75) is 37.2 Å². The summed E-state index contributed by atoms with van der Waals surface area (Å²) in [6, 6.07) is 19.0. The molecule has 1 aliphatic rings. The largest absolute Gasteiger partial charge is 0.481 e. The number of hydrogen-bond donors (Lipinski definition) is 2. The van der Waals surface area contributed by atoms with E-state index in [0.29, 0.717) is 22.3 Å². The van der Waals surface area contributed by atoms with E-state index in [0.717, 1.165) is 52.1 Å². The van der Waals surface area contributed by atoms with Gasteiger partial charge in [-0.3, -0.25) is 4.79 Å². The van der Waals surface area contributed by atoms with E-state index in [1.54, 1.807) is 26.0 Å². The Bertz CT molecular complexity index is 1630. The summed E-state index contributed by atoms with van der Waals surface area (Å²) in [5.74, 6) is 3.79. The molecule has 5 rings (SSSR count). The highest BCUT2D eigenvalue weighted by molar-refractivity contribution is 7.99. The third kappa shape index (κ3) is 6.30. The molecule has 1 aliphatic carbocycles. The Morgan fingerprint density at radius 3 is 2.49 bits per heavy atom. The number of aliphatic hydroxyl groups is 1. The van der Waals surface area contributed by atoms with E-state index in [-0.39, 0.29) is 11.8 Å². The van der Waals surface area contributed by atoms with Crippen LogP contribution in [0.5, 0.6) is 0 Å². The zero-order valence-electron chi connectivity index (χ0n) is 21.5. The minimum absolute atomic E-state index is 0.248. The highest BCUT2D eigenvalue weighted by atomic mass is 32.2. The lowest BCUT2D eigenvalue weighted by atomic mass is 9.93. The Kier molecular flexibility index (Phi) is 7.44. The molecule has 1 saturated carbocycles. The lowest BCUT2D eigenvalue weighted by molar-refractivity contribution is -0.141. The van der Waals surface area contributed by atoms with Gasteiger partial charge in [-0.15, -0.1) is 11.8 Å². The number of carboxylic acids is 1. The minimum Gasteiger partial charge on any atom is -0.481 e. The second-order valence-electron chi connectivity index (χ2n) is 10.3. The standard InChI is InChI=1S/C32H27F2NO3S/c1-32(2,38)26-15-22(10-13-30(26)39-18-25(31(36)37)20-7-8-20)21-5-3-4-19(14-21)6-11-24-12-9-23-16-27(33)28(34)17-29(23)35-24/h3-5,9-10,12-17,20,25,38H,7-8,18H2,1-2H3,(H,36,37). The predicted molar refractivity (Wildman–Crippen MR) is 149 cm³/mol. The molecule has 0 radical (unpaired) electrons. The molecule has 1 fully saturated rings. The number of nitrogens with zero attached hydrogens (tertiary/aromatic N) is 1. The number of carboxylic acid groups (broad SMARTS) is 1. The molecule has 1 unspecified atom stereocenters. The third-order valence-corrected chi connectivity index (χ3v) is 8.02. The van der Waals surface area contributed by atoms with Gasteiger partial charge in [0, 0.05) is 27.7 Å². The van der Waals surface area contributed by atoms with Crippen LogP contribution in [0, 0.1) is 35.3 Å². The van der Waals surface area contributed by atoms with Crippen LogP contribution in [0.4, 0.5) is 8.78 Å².